The lowest BCUT2D eigenvalue weighted by Gasteiger charge is -2.38. The molecule has 1 aliphatic rings. The first kappa shape index (κ1) is 11.9. The fourth-order valence-electron chi connectivity index (χ4n) is 2.21. The lowest BCUT2D eigenvalue weighted by atomic mass is 9.92. The van der Waals surface area contributed by atoms with Crippen LogP contribution in [0.5, 0.6) is 0 Å². The minimum absolute atomic E-state index is 0.718. The lowest BCUT2D eigenvalue weighted by molar-refractivity contribution is -0.131. The molecule has 0 saturated carbocycles. The summed E-state index contributed by atoms with van der Waals surface area (Å²) in [5, 5.41) is 8.46. The first-order valence-electron chi connectivity index (χ1n) is 5.90. The average molecular weight is 231 g/mol. The third kappa shape index (κ3) is 3.71. The van der Waals surface area contributed by atoms with Crippen molar-refractivity contribution in [1.29, 1.82) is 0 Å². The summed E-state index contributed by atoms with van der Waals surface area (Å²) in [5.74, 6) is -0.151. The summed E-state index contributed by atoms with van der Waals surface area (Å²) in [6, 6.07) is 10.5. The van der Waals surface area contributed by atoms with E-state index in [0.717, 1.165) is 32.0 Å². The molecule has 0 radical (unpaired) electrons. The molecule has 3 heteroatoms. The average Bonchev–Trinajstić information content (AvgIpc) is 2.26. The van der Waals surface area contributed by atoms with E-state index in [0.29, 0.717) is 0 Å². The molecule has 1 fully saturated rings. The Hall–Kier alpha value is -1.61. The molecule has 0 aromatic heterocycles. The van der Waals surface area contributed by atoms with Crippen LogP contribution in [0.4, 0.5) is 0 Å². The van der Waals surface area contributed by atoms with Crippen molar-refractivity contribution in [2.24, 2.45) is 5.92 Å². The molecule has 1 saturated heterocycles. The molecule has 1 aromatic carbocycles. The van der Waals surface area contributed by atoms with Gasteiger partial charge in [0.15, 0.2) is 0 Å². The summed E-state index contributed by atoms with van der Waals surface area (Å²) in [5.41, 5.74) is 1.39. The lowest BCUT2D eigenvalue weighted by Crippen LogP contribution is -2.47. The zero-order chi connectivity index (χ0) is 12.1. The Morgan fingerprint density at radius 3 is 2.71 bits per heavy atom. The smallest absolute Gasteiger partial charge is 0.328 e. The maximum absolute atomic E-state index is 10.3. The van der Waals surface area contributed by atoms with Crippen molar-refractivity contribution < 1.29 is 9.90 Å². The summed E-state index contributed by atoms with van der Waals surface area (Å²) < 4.78 is 0. The van der Waals surface area contributed by atoms with E-state index in [9.17, 15) is 4.79 Å². The number of likely N-dealkylation sites (tertiary alicyclic amines) is 1. The van der Waals surface area contributed by atoms with Crippen LogP contribution in [0.1, 0.15) is 5.56 Å². The van der Waals surface area contributed by atoms with Crippen LogP contribution < -0.4 is 0 Å². The van der Waals surface area contributed by atoms with Crippen molar-refractivity contribution in [2.75, 3.05) is 19.6 Å². The van der Waals surface area contributed by atoms with Gasteiger partial charge in [0.2, 0.25) is 0 Å². The number of hydrogen-bond acceptors (Lipinski definition) is 2. The van der Waals surface area contributed by atoms with Gasteiger partial charge >= 0.3 is 5.97 Å². The number of carbonyl (C=O) groups is 1. The van der Waals surface area contributed by atoms with Gasteiger partial charge in [-0.15, -0.1) is 0 Å². The second kappa shape index (κ2) is 5.64. The van der Waals surface area contributed by atoms with E-state index < -0.39 is 5.97 Å². The summed E-state index contributed by atoms with van der Waals surface area (Å²) in [6.07, 6.45) is 4.05. The van der Waals surface area contributed by atoms with Crippen molar-refractivity contribution in [1.82, 2.24) is 4.90 Å². The third-order valence-corrected chi connectivity index (χ3v) is 3.02. The SMILES string of the molecule is O=C(O)/C=C/CN1CC(Cc2ccccc2)C1. The Balaban J connectivity index is 1.68. The fourth-order valence-corrected chi connectivity index (χ4v) is 2.21. The van der Waals surface area contributed by atoms with E-state index in [4.69, 9.17) is 5.11 Å². The first-order chi connectivity index (χ1) is 8.24. The highest BCUT2D eigenvalue weighted by Gasteiger charge is 2.25. The van der Waals surface area contributed by atoms with Gasteiger partial charge in [-0.1, -0.05) is 36.4 Å². The van der Waals surface area contributed by atoms with Gasteiger partial charge < -0.3 is 5.11 Å². The van der Waals surface area contributed by atoms with Crippen LogP contribution in [0.25, 0.3) is 0 Å². The predicted octanol–water partition coefficient (Wildman–Crippen LogP) is 1.80. The molecule has 1 aliphatic heterocycles. The molecule has 1 N–H and O–H groups in total. The topological polar surface area (TPSA) is 40.5 Å². The zero-order valence-corrected chi connectivity index (χ0v) is 9.75. The molecule has 0 bridgehead atoms. The number of aliphatic carboxylic acids is 1. The van der Waals surface area contributed by atoms with E-state index in [1.807, 2.05) is 6.07 Å². The monoisotopic (exact) mass is 231 g/mol. The highest BCUT2D eigenvalue weighted by atomic mass is 16.4. The molecule has 0 aliphatic carbocycles. The van der Waals surface area contributed by atoms with Gasteiger partial charge in [0.1, 0.15) is 0 Å². The van der Waals surface area contributed by atoms with Crippen LogP contribution in [-0.2, 0) is 11.2 Å². The van der Waals surface area contributed by atoms with Crippen LogP contribution in [-0.4, -0.2) is 35.6 Å². The number of carboxylic acids is 1. The summed E-state index contributed by atoms with van der Waals surface area (Å²) in [6.45, 7) is 2.88. The highest BCUT2D eigenvalue weighted by molar-refractivity contribution is 5.79. The summed E-state index contributed by atoms with van der Waals surface area (Å²) >= 11 is 0. The van der Waals surface area contributed by atoms with Crippen molar-refractivity contribution >= 4 is 5.97 Å². The largest absolute Gasteiger partial charge is 0.478 e. The summed E-state index contributed by atoms with van der Waals surface area (Å²) in [4.78, 5) is 12.5. The number of rotatable bonds is 5. The van der Waals surface area contributed by atoms with E-state index in [2.05, 4.69) is 29.2 Å². The highest BCUT2D eigenvalue weighted by Crippen LogP contribution is 2.19. The Labute approximate surface area is 101 Å². The van der Waals surface area contributed by atoms with Crippen LogP contribution >= 0.6 is 0 Å². The fraction of sp³-hybridized carbons (Fsp3) is 0.357. The molecule has 1 aromatic rings. The number of nitrogens with zero attached hydrogens (tertiary/aromatic N) is 1. The second-order valence-corrected chi connectivity index (χ2v) is 4.51. The number of carboxylic acid groups (broad SMARTS) is 1. The maximum Gasteiger partial charge on any atom is 0.328 e. The molecule has 0 atom stereocenters. The molecular weight excluding hydrogens is 214 g/mol. The second-order valence-electron chi connectivity index (χ2n) is 4.51. The molecule has 0 unspecified atom stereocenters. The van der Waals surface area contributed by atoms with Gasteiger partial charge in [-0.05, 0) is 17.9 Å². The zero-order valence-electron chi connectivity index (χ0n) is 9.75. The van der Waals surface area contributed by atoms with Crippen LogP contribution in [0, 0.1) is 5.92 Å². The molecule has 1 heterocycles. The third-order valence-electron chi connectivity index (χ3n) is 3.02. The van der Waals surface area contributed by atoms with Gasteiger partial charge in [0.25, 0.3) is 0 Å². The quantitative estimate of drug-likeness (QED) is 0.786. The van der Waals surface area contributed by atoms with Crippen molar-refractivity contribution in [2.45, 2.75) is 6.42 Å². The molecule has 3 nitrogen and oxygen atoms in total. The van der Waals surface area contributed by atoms with E-state index in [1.54, 1.807) is 6.08 Å². The minimum atomic E-state index is -0.869. The van der Waals surface area contributed by atoms with Gasteiger partial charge in [0, 0.05) is 25.7 Å². The van der Waals surface area contributed by atoms with E-state index in [-0.39, 0.29) is 0 Å². The van der Waals surface area contributed by atoms with Crippen LogP contribution in [0.3, 0.4) is 0 Å². The Kier molecular flexibility index (Phi) is 3.94. The van der Waals surface area contributed by atoms with Crippen LogP contribution in [0.15, 0.2) is 42.5 Å². The standard InChI is InChI=1S/C14H17NO2/c16-14(17)7-4-8-15-10-13(11-15)9-12-5-2-1-3-6-12/h1-7,13H,8-11H2,(H,16,17)/b7-4+. The normalized spacial score (nSPS) is 17.2. The van der Waals surface area contributed by atoms with E-state index >= 15 is 0 Å². The van der Waals surface area contributed by atoms with Crippen molar-refractivity contribution in [3.8, 4) is 0 Å². The van der Waals surface area contributed by atoms with Crippen LogP contribution in [0.2, 0.25) is 0 Å². The molecule has 2 rings (SSSR count). The van der Waals surface area contributed by atoms with Crippen molar-refractivity contribution in [3.63, 3.8) is 0 Å². The predicted molar refractivity (Wildman–Crippen MR) is 66.9 cm³/mol. The van der Waals surface area contributed by atoms with Gasteiger partial charge in [-0.25, -0.2) is 4.79 Å². The molecular formula is C14H17NO2. The number of hydrogen-bond donors (Lipinski definition) is 1. The Bertz CT molecular complexity index is 394. The molecule has 0 amide bonds. The van der Waals surface area contributed by atoms with Gasteiger partial charge in [-0.3, -0.25) is 4.90 Å². The van der Waals surface area contributed by atoms with Crippen molar-refractivity contribution in [3.05, 3.63) is 48.0 Å². The summed E-state index contributed by atoms with van der Waals surface area (Å²) in [7, 11) is 0. The number of benzene rings is 1. The molecule has 90 valence electrons. The minimum Gasteiger partial charge on any atom is -0.478 e. The van der Waals surface area contributed by atoms with E-state index in [1.165, 1.54) is 11.6 Å². The van der Waals surface area contributed by atoms with Gasteiger partial charge in [0.05, 0.1) is 0 Å². The molecule has 17 heavy (non-hydrogen) atoms. The van der Waals surface area contributed by atoms with Gasteiger partial charge in [-0.2, -0.15) is 0 Å². The first-order valence-corrected chi connectivity index (χ1v) is 5.90. The maximum atomic E-state index is 10.3. The Morgan fingerprint density at radius 1 is 1.35 bits per heavy atom. The Morgan fingerprint density at radius 2 is 2.06 bits per heavy atom. The molecule has 0 spiro atoms.